The van der Waals surface area contributed by atoms with Crippen LogP contribution in [0.15, 0.2) is 24.3 Å². The number of ether oxygens (including phenoxy) is 1. The highest BCUT2D eigenvalue weighted by molar-refractivity contribution is 5.86. The first kappa shape index (κ1) is 18.3. The fourth-order valence-corrected chi connectivity index (χ4v) is 1.82. The summed E-state index contributed by atoms with van der Waals surface area (Å²) in [6.07, 6.45) is 1.19. The van der Waals surface area contributed by atoms with Gasteiger partial charge < -0.3 is 20.5 Å². The van der Waals surface area contributed by atoms with E-state index in [-0.39, 0.29) is 25.3 Å². The van der Waals surface area contributed by atoms with Crippen LogP contribution in [-0.4, -0.2) is 36.3 Å². The predicted octanol–water partition coefficient (Wildman–Crippen LogP) is 1.47. The summed E-state index contributed by atoms with van der Waals surface area (Å²) >= 11 is 0. The highest BCUT2D eigenvalue weighted by Gasteiger charge is 2.21. The Kier molecular flexibility index (Phi) is 8.00. The number of carbonyl (C=O) groups is 2. The number of rotatable bonds is 8. The fourth-order valence-electron chi connectivity index (χ4n) is 1.82. The minimum absolute atomic E-state index is 0.117. The number of amides is 2. The normalized spacial score (nSPS) is 11.1. The van der Waals surface area contributed by atoms with Gasteiger partial charge in [0, 0.05) is 6.42 Å². The van der Waals surface area contributed by atoms with Gasteiger partial charge in [0.1, 0.15) is 18.3 Å². The van der Waals surface area contributed by atoms with Crippen LogP contribution in [0.4, 0.5) is 4.79 Å². The van der Waals surface area contributed by atoms with E-state index in [0.29, 0.717) is 0 Å². The van der Waals surface area contributed by atoms with Crippen LogP contribution in [0, 0.1) is 11.3 Å². The van der Waals surface area contributed by atoms with Crippen molar-refractivity contribution in [2.45, 2.75) is 32.2 Å². The van der Waals surface area contributed by atoms with Crippen molar-refractivity contribution in [3.63, 3.8) is 0 Å². The lowest BCUT2D eigenvalue weighted by Crippen LogP contribution is -2.48. The van der Waals surface area contributed by atoms with E-state index in [4.69, 9.17) is 10.00 Å². The summed E-state index contributed by atoms with van der Waals surface area (Å²) in [6.45, 7) is 2.12. The molecule has 0 aromatic heterocycles. The molecule has 0 bridgehead atoms. The number of aromatic hydroxyl groups is 1. The maximum Gasteiger partial charge on any atom is 0.407 e. The van der Waals surface area contributed by atoms with Crippen molar-refractivity contribution in [1.29, 1.82) is 5.26 Å². The van der Waals surface area contributed by atoms with Crippen molar-refractivity contribution in [1.82, 2.24) is 10.6 Å². The van der Waals surface area contributed by atoms with Crippen molar-refractivity contribution >= 4 is 12.0 Å². The van der Waals surface area contributed by atoms with E-state index in [1.165, 1.54) is 12.1 Å². The van der Waals surface area contributed by atoms with Crippen LogP contribution in [-0.2, 0) is 16.0 Å². The molecular weight excluding hydrogens is 298 g/mol. The Morgan fingerprint density at radius 2 is 2.04 bits per heavy atom. The molecule has 1 aromatic rings. The van der Waals surface area contributed by atoms with Gasteiger partial charge in [0.15, 0.2) is 0 Å². The molecule has 23 heavy (non-hydrogen) atoms. The van der Waals surface area contributed by atoms with Gasteiger partial charge in [-0.15, -0.1) is 0 Å². The largest absolute Gasteiger partial charge is 0.508 e. The number of hydrogen-bond acceptors (Lipinski definition) is 5. The number of nitriles is 1. The SMILES string of the molecule is CCCCOC(=O)NC(Cc1ccc(O)cc1)C(=O)NCC#N. The van der Waals surface area contributed by atoms with Crippen LogP contribution < -0.4 is 10.6 Å². The molecule has 1 rings (SSSR count). The molecule has 7 nitrogen and oxygen atoms in total. The zero-order chi connectivity index (χ0) is 17.1. The Labute approximate surface area is 135 Å². The van der Waals surface area contributed by atoms with Crippen LogP contribution in [0.25, 0.3) is 0 Å². The second-order valence-corrected chi connectivity index (χ2v) is 4.93. The van der Waals surface area contributed by atoms with Crippen molar-refractivity contribution in [2.75, 3.05) is 13.2 Å². The fraction of sp³-hybridized carbons (Fsp3) is 0.438. The predicted molar refractivity (Wildman–Crippen MR) is 83.6 cm³/mol. The van der Waals surface area contributed by atoms with Crippen LogP contribution in [0.2, 0.25) is 0 Å². The van der Waals surface area contributed by atoms with Gasteiger partial charge in [-0.05, 0) is 24.1 Å². The first-order valence-electron chi connectivity index (χ1n) is 7.42. The Balaban J connectivity index is 2.68. The standard InChI is InChI=1S/C16H21N3O4/c1-2-3-10-23-16(22)19-14(15(21)18-9-8-17)11-12-4-6-13(20)7-5-12/h4-7,14,20H,2-3,9-11H2,1H3,(H,18,21)(H,19,22). The van der Waals surface area contributed by atoms with Gasteiger partial charge in [-0.3, -0.25) is 4.79 Å². The van der Waals surface area contributed by atoms with Gasteiger partial charge in [0.25, 0.3) is 0 Å². The summed E-state index contributed by atoms with van der Waals surface area (Å²) in [7, 11) is 0. The number of nitrogens with one attached hydrogen (secondary N) is 2. The van der Waals surface area contributed by atoms with Gasteiger partial charge in [0.2, 0.25) is 5.91 Å². The summed E-state index contributed by atoms with van der Waals surface area (Å²) < 4.78 is 4.99. The van der Waals surface area contributed by atoms with E-state index in [1.54, 1.807) is 12.1 Å². The number of phenolic OH excluding ortho intramolecular Hbond substituents is 1. The average Bonchev–Trinajstić information content (AvgIpc) is 2.54. The number of alkyl carbamates (subject to hydrolysis) is 1. The van der Waals surface area contributed by atoms with Crippen LogP contribution in [0.5, 0.6) is 5.75 Å². The molecule has 124 valence electrons. The molecule has 3 N–H and O–H groups in total. The molecule has 1 aromatic carbocycles. The number of benzene rings is 1. The summed E-state index contributed by atoms with van der Waals surface area (Å²) in [4.78, 5) is 23.8. The van der Waals surface area contributed by atoms with Crippen LogP contribution in [0.3, 0.4) is 0 Å². The minimum atomic E-state index is -0.859. The van der Waals surface area contributed by atoms with E-state index in [1.807, 2.05) is 13.0 Å². The number of nitrogens with zero attached hydrogens (tertiary/aromatic N) is 1. The van der Waals surface area contributed by atoms with Crippen molar-refractivity contribution in [3.8, 4) is 11.8 Å². The van der Waals surface area contributed by atoms with Crippen LogP contribution in [0.1, 0.15) is 25.3 Å². The third-order valence-corrected chi connectivity index (χ3v) is 3.06. The van der Waals surface area contributed by atoms with E-state index in [0.717, 1.165) is 18.4 Å². The number of hydrogen-bond donors (Lipinski definition) is 3. The third kappa shape index (κ3) is 7.18. The smallest absolute Gasteiger partial charge is 0.407 e. The zero-order valence-electron chi connectivity index (χ0n) is 13.0. The van der Waals surface area contributed by atoms with Gasteiger partial charge >= 0.3 is 6.09 Å². The Hall–Kier alpha value is -2.75. The Morgan fingerprint density at radius 1 is 1.35 bits per heavy atom. The number of carbonyl (C=O) groups excluding carboxylic acids is 2. The number of phenols is 1. The average molecular weight is 319 g/mol. The van der Waals surface area contributed by atoms with Gasteiger partial charge in [-0.1, -0.05) is 25.5 Å². The Morgan fingerprint density at radius 3 is 2.65 bits per heavy atom. The lowest BCUT2D eigenvalue weighted by atomic mass is 10.1. The molecule has 2 amide bonds. The molecule has 0 aliphatic carbocycles. The number of unbranched alkanes of at least 4 members (excludes halogenated alkanes) is 1. The molecule has 1 atom stereocenters. The summed E-state index contributed by atoms with van der Waals surface area (Å²) in [5.74, 6) is -0.349. The van der Waals surface area contributed by atoms with E-state index in [2.05, 4.69) is 10.6 Å². The molecule has 7 heteroatoms. The Bertz CT molecular complexity index is 551. The maximum atomic E-state index is 12.1. The maximum absolute atomic E-state index is 12.1. The van der Waals surface area contributed by atoms with E-state index in [9.17, 15) is 14.7 Å². The molecule has 1 unspecified atom stereocenters. The first-order chi connectivity index (χ1) is 11.1. The van der Waals surface area contributed by atoms with Gasteiger partial charge in [-0.2, -0.15) is 5.26 Å². The van der Waals surface area contributed by atoms with Gasteiger partial charge in [0.05, 0.1) is 12.7 Å². The van der Waals surface area contributed by atoms with Crippen LogP contribution >= 0.6 is 0 Å². The molecule has 0 aliphatic rings. The van der Waals surface area contributed by atoms with Crippen molar-refractivity contribution < 1.29 is 19.4 Å². The molecule has 0 spiro atoms. The topological polar surface area (TPSA) is 111 Å². The quantitative estimate of drug-likeness (QED) is 0.496. The molecule has 0 heterocycles. The van der Waals surface area contributed by atoms with E-state index >= 15 is 0 Å². The van der Waals surface area contributed by atoms with E-state index < -0.39 is 18.0 Å². The summed E-state index contributed by atoms with van der Waals surface area (Å²) in [6, 6.07) is 7.26. The highest BCUT2D eigenvalue weighted by atomic mass is 16.5. The lowest BCUT2D eigenvalue weighted by Gasteiger charge is -2.17. The molecule has 0 saturated carbocycles. The first-order valence-corrected chi connectivity index (χ1v) is 7.42. The minimum Gasteiger partial charge on any atom is -0.508 e. The highest BCUT2D eigenvalue weighted by Crippen LogP contribution is 2.11. The third-order valence-electron chi connectivity index (χ3n) is 3.06. The lowest BCUT2D eigenvalue weighted by molar-refractivity contribution is -0.122. The van der Waals surface area contributed by atoms with Gasteiger partial charge in [-0.25, -0.2) is 4.79 Å². The molecule has 0 fully saturated rings. The molecule has 0 saturated heterocycles. The second-order valence-electron chi connectivity index (χ2n) is 4.93. The molecule has 0 radical (unpaired) electrons. The monoisotopic (exact) mass is 319 g/mol. The second kappa shape index (κ2) is 10.1. The summed E-state index contributed by atoms with van der Waals surface area (Å²) in [5, 5.41) is 22.7. The van der Waals surface area contributed by atoms with Crippen molar-refractivity contribution in [2.24, 2.45) is 0 Å². The summed E-state index contributed by atoms with van der Waals surface area (Å²) in [5.41, 5.74) is 0.758. The van der Waals surface area contributed by atoms with Crippen molar-refractivity contribution in [3.05, 3.63) is 29.8 Å². The molecular formula is C16H21N3O4. The molecule has 0 aliphatic heterocycles. The zero-order valence-corrected chi connectivity index (χ0v) is 13.0.